The van der Waals surface area contributed by atoms with Gasteiger partial charge in [-0.2, -0.15) is 0 Å². The second-order valence-corrected chi connectivity index (χ2v) is 6.81. The van der Waals surface area contributed by atoms with Crippen molar-refractivity contribution in [3.05, 3.63) is 28.1 Å². The molecule has 0 N–H and O–H groups in total. The van der Waals surface area contributed by atoms with Gasteiger partial charge in [-0.25, -0.2) is 0 Å². The third-order valence-corrected chi connectivity index (χ3v) is 5.26. The Morgan fingerprint density at radius 1 is 1.30 bits per heavy atom. The van der Waals surface area contributed by atoms with Crippen LogP contribution in [0.4, 0.5) is 0 Å². The predicted octanol–water partition coefficient (Wildman–Crippen LogP) is -2.59. The van der Waals surface area contributed by atoms with Gasteiger partial charge in [-0.15, -0.1) is 10.7 Å². The minimum absolute atomic E-state index is 0. The molecule has 1 aliphatic carbocycles. The van der Waals surface area contributed by atoms with E-state index in [4.69, 9.17) is 5.32 Å². The first-order chi connectivity index (χ1) is 7.66. The first-order valence-electron chi connectivity index (χ1n) is 6.44. The Bertz CT molecular complexity index is 420. The van der Waals surface area contributed by atoms with E-state index in [9.17, 15) is 0 Å². The Kier molecular flexibility index (Phi) is 11.9. The van der Waals surface area contributed by atoms with Gasteiger partial charge in [0.05, 0.1) is 0 Å². The second kappa shape index (κ2) is 9.20. The number of nitrogens with zero attached hydrogens (tertiary/aromatic N) is 1. The monoisotopic (exact) mass is 408 g/mol. The molecule has 0 saturated carbocycles. The molecule has 113 valence electrons. The fourth-order valence-electron chi connectivity index (χ4n) is 2.42. The van der Waals surface area contributed by atoms with E-state index in [-0.39, 0.29) is 62.1 Å². The number of rotatable bonds is 4. The Morgan fingerprint density at radius 2 is 1.75 bits per heavy atom. The number of hydrogen-bond donors (Lipinski definition) is 0. The minimum atomic E-state index is -0.110. The van der Waals surface area contributed by atoms with Crippen LogP contribution in [-0.4, -0.2) is 26.1 Å². The van der Waals surface area contributed by atoms with Crippen molar-refractivity contribution in [1.29, 1.82) is 0 Å². The van der Waals surface area contributed by atoms with Crippen LogP contribution in [0.3, 0.4) is 0 Å². The van der Waals surface area contributed by atoms with Gasteiger partial charge >= 0.3 is 26.2 Å². The summed E-state index contributed by atoms with van der Waals surface area (Å²) >= 11 is 0. The van der Waals surface area contributed by atoms with Crippen LogP contribution in [0.1, 0.15) is 54.9 Å². The maximum Gasteiger partial charge on any atom is 3.00 e. The van der Waals surface area contributed by atoms with Crippen LogP contribution in [0.5, 0.6) is 0 Å². The van der Waals surface area contributed by atoms with Gasteiger partial charge in [0.1, 0.15) is 0 Å². The summed E-state index contributed by atoms with van der Waals surface area (Å²) < 4.78 is 0. The molecule has 2 atom stereocenters. The van der Waals surface area contributed by atoms with E-state index in [0.717, 1.165) is 6.42 Å². The Labute approximate surface area is 159 Å². The summed E-state index contributed by atoms with van der Waals surface area (Å²) in [7, 11) is 1.98. The summed E-state index contributed by atoms with van der Waals surface area (Å²) in [6.07, 6.45) is 3.38. The molecule has 0 fully saturated rings. The summed E-state index contributed by atoms with van der Waals surface area (Å²) in [5.41, 5.74) is 4.07. The molecule has 0 heterocycles. The van der Waals surface area contributed by atoms with Gasteiger partial charge in [-0.1, -0.05) is 55.5 Å². The van der Waals surface area contributed by atoms with Crippen molar-refractivity contribution < 1.29 is 51.0 Å². The fourth-order valence-corrected chi connectivity index (χ4v) is 2.75. The molecule has 20 heavy (non-hydrogen) atoms. The summed E-state index contributed by atoms with van der Waals surface area (Å²) in [5, 5.41) is 6.60. The van der Waals surface area contributed by atoms with Gasteiger partial charge in [0.25, 0.3) is 0 Å². The quantitative estimate of drug-likeness (QED) is 0.452. The fraction of sp³-hybridized carbons (Fsp3) is 0.667. The maximum atomic E-state index is 5.17. The van der Waals surface area contributed by atoms with E-state index in [0.29, 0.717) is 0 Å². The summed E-state index contributed by atoms with van der Waals surface area (Å²) in [6.45, 7) is 15.5. The van der Waals surface area contributed by atoms with Crippen molar-refractivity contribution in [3.63, 3.8) is 0 Å². The zero-order chi connectivity index (χ0) is 13.4. The molecule has 0 saturated heterocycles. The van der Waals surface area contributed by atoms with Crippen molar-refractivity contribution in [1.82, 2.24) is 0 Å². The van der Waals surface area contributed by atoms with Crippen molar-refractivity contribution in [2.75, 3.05) is 0 Å². The van der Waals surface area contributed by atoms with E-state index >= 15 is 0 Å². The van der Waals surface area contributed by atoms with Crippen LogP contribution < -0.4 is 24.8 Å². The molecule has 1 radical (unpaired) electrons. The first-order valence-corrected chi connectivity index (χ1v) is 7.15. The molecule has 1 aliphatic rings. The van der Waals surface area contributed by atoms with Crippen LogP contribution >= 0.6 is 0 Å². The third kappa shape index (κ3) is 5.02. The van der Waals surface area contributed by atoms with Crippen LogP contribution in [0.15, 0.2) is 22.8 Å². The number of allylic oxidation sites excluding steroid dienone is 2. The van der Waals surface area contributed by atoms with Crippen molar-refractivity contribution in [2.24, 2.45) is 0 Å². The smallest absolute Gasteiger partial charge is 1.00 e. The largest absolute Gasteiger partial charge is 3.00 e. The van der Waals surface area contributed by atoms with E-state index in [1.165, 1.54) is 21.9 Å². The van der Waals surface area contributed by atoms with Crippen molar-refractivity contribution in [3.8, 4) is 0 Å². The van der Waals surface area contributed by atoms with E-state index in [2.05, 4.69) is 54.5 Å². The van der Waals surface area contributed by atoms with Gasteiger partial charge in [-0.3, -0.25) is 0 Å². The molecular formula is C15H26Cl2NSiZr. The molecule has 0 aromatic carbocycles. The van der Waals surface area contributed by atoms with Crippen LogP contribution in [0.25, 0.3) is 5.32 Å². The molecule has 5 heteroatoms. The number of halogens is 2. The third-order valence-electron chi connectivity index (χ3n) is 4.50. The molecule has 0 spiro atoms. The molecule has 0 bridgehead atoms. The Balaban J connectivity index is -0.000000963. The summed E-state index contributed by atoms with van der Waals surface area (Å²) in [4.78, 5) is 0. The van der Waals surface area contributed by atoms with Crippen molar-refractivity contribution >= 4 is 15.0 Å². The first kappa shape index (κ1) is 25.9. The molecule has 2 unspecified atom stereocenters. The molecule has 0 aliphatic heterocycles. The molecule has 1 rings (SSSR count). The van der Waals surface area contributed by atoms with Crippen LogP contribution in [0, 0.1) is 0 Å². The van der Waals surface area contributed by atoms with Gasteiger partial charge in [0, 0.05) is 0 Å². The van der Waals surface area contributed by atoms with Gasteiger partial charge < -0.3 is 30.1 Å². The van der Waals surface area contributed by atoms with Gasteiger partial charge in [-0.05, 0) is 37.5 Å². The van der Waals surface area contributed by atoms with E-state index in [1.807, 2.05) is 9.85 Å². The zero-order valence-electron chi connectivity index (χ0n) is 13.7. The standard InChI is InChI=1S/C15H26NSi.2ClH.Zr/c1-8-14(6,13(5)17)16-15(7)9-10(2)11(3)12(15)4;;;/h9H,8,17H2,1-7H3;2*1H;/q-1;;;+3/p-2. The van der Waals surface area contributed by atoms with E-state index < -0.39 is 0 Å². The van der Waals surface area contributed by atoms with E-state index in [1.54, 1.807) is 0 Å². The molecule has 0 aromatic heterocycles. The topological polar surface area (TPSA) is 14.1 Å². The zero-order valence-corrected chi connectivity index (χ0v) is 19.1. The average Bonchev–Trinajstić information content (AvgIpc) is 2.42. The molecule has 0 aromatic rings. The maximum absolute atomic E-state index is 5.17. The van der Waals surface area contributed by atoms with Crippen LogP contribution in [-0.2, 0) is 26.2 Å². The average molecular weight is 411 g/mol. The summed E-state index contributed by atoms with van der Waals surface area (Å²) in [6, 6.07) is 0. The number of hydrogen-bond acceptors (Lipinski definition) is 0. The SMILES string of the molecule is CCC(C)([N-]C1(C)C=C(C)C(C)=C1C)C(C)=[SiH2].[Cl-].[Cl-].[Zr+3]. The molecular weight excluding hydrogens is 384 g/mol. The minimum Gasteiger partial charge on any atom is -1.00 e. The van der Waals surface area contributed by atoms with Crippen LogP contribution in [0.2, 0.25) is 0 Å². The Morgan fingerprint density at radius 3 is 2.00 bits per heavy atom. The normalized spacial score (nSPS) is 23.9. The van der Waals surface area contributed by atoms with Gasteiger partial charge in [0.2, 0.25) is 0 Å². The Hall–Kier alpha value is 0.990. The summed E-state index contributed by atoms with van der Waals surface area (Å²) in [5.74, 6) is 0. The van der Waals surface area contributed by atoms with Crippen molar-refractivity contribution in [2.45, 2.75) is 66.0 Å². The van der Waals surface area contributed by atoms with Gasteiger partial charge in [0.15, 0.2) is 0 Å². The molecule has 1 nitrogen and oxygen atoms in total. The molecule has 0 amide bonds. The predicted molar refractivity (Wildman–Crippen MR) is 81.8 cm³/mol. The second-order valence-electron chi connectivity index (χ2n) is 5.74.